The van der Waals surface area contributed by atoms with E-state index in [-0.39, 0.29) is 11.3 Å². The van der Waals surface area contributed by atoms with Gasteiger partial charge in [0.25, 0.3) is 5.69 Å². The molecule has 0 spiro atoms. The van der Waals surface area contributed by atoms with Crippen molar-refractivity contribution in [3.8, 4) is 0 Å². The molecule has 32 heavy (non-hydrogen) atoms. The van der Waals surface area contributed by atoms with E-state index in [4.69, 9.17) is 5.11 Å². The van der Waals surface area contributed by atoms with Gasteiger partial charge in [0, 0.05) is 12.1 Å². The zero-order valence-corrected chi connectivity index (χ0v) is 20.3. The second kappa shape index (κ2) is 17.7. The Kier molecular flexibility index (Phi) is 16.1. The predicted molar refractivity (Wildman–Crippen MR) is 134 cm³/mol. The minimum Gasteiger partial charge on any atom is -0.478 e. The second-order valence-corrected chi connectivity index (χ2v) is 7.84. The topological polar surface area (TPSA) is 80.4 Å². The number of non-ortho nitro benzene ring substituents is 1. The van der Waals surface area contributed by atoms with E-state index in [1.807, 2.05) is 0 Å². The molecule has 5 heteroatoms. The van der Waals surface area contributed by atoms with Crippen LogP contribution in [0.5, 0.6) is 0 Å². The first kappa shape index (κ1) is 29.1. The zero-order valence-electron chi connectivity index (χ0n) is 20.3. The number of carboxylic acids is 1. The van der Waals surface area contributed by atoms with Crippen molar-refractivity contribution in [2.45, 2.75) is 79.6 Å². The van der Waals surface area contributed by atoms with Gasteiger partial charge in [0.05, 0.1) is 10.5 Å². The van der Waals surface area contributed by atoms with Crippen LogP contribution in [-0.4, -0.2) is 16.0 Å². The number of hydrogen-bond donors (Lipinski definition) is 1. The molecule has 0 unspecified atom stereocenters. The second-order valence-electron chi connectivity index (χ2n) is 7.84. The standard InChI is InChI=1S/C20H34.C7H5NO4/c1-6-8-9-10-13-19(4)16-12-17-20(5)15-11-14-18(3)7-2;9-7(10)5-1-3-6(4-2-5)8(11)12/h7-9,15-16H,6,10-14,17H2,1-5H3;1-4H,(H,9,10)/b9-8?,18-7-,19-16-,20-15-;. The summed E-state index contributed by atoms with van der Waals surface area (Å²) in [5.41, 5.74) is 4.48. The van der Waals surface area contributed by atoms with E-state index in [0.29, 0.717) is 0 Å². The SMILES string of the molecule is C/C=C(/C)CC/C=C(/C)CC/C=C(/C)CCC=CCC.O=C(O)c1ccc([N+](=O)[O-])cc1. The number of nitro benzene ring substituents is 1. The number of benzene rings is 1. The Hall–Kier alpha value is -2.95. The number of carbonyl (C=O) groups is 1. The van der Waals surface area contributed by atoms with Gasteiger partial charge in [-0.05, 0) is 84.8 Å². The molecule has 1 rings (SSSR count). The summed E-state index contributed by atoms with van der Waals surface area (Å²) in [6, 6.07) is 4.70. The molecule has 0 heterocycles. The summed E-state index contributed by atoms with van der Waals surface area (Å²) in [5.74, 6) is -1.09. The lowest BCUT2D eigenvalue weighted by Crippen LogP contribution is -1.96. The normalized spacial score (nSPS) is 12.5. The lowest BCUT2D eigenvalue weighted by molar-refractivity contribution is -0.384. The molecule has 1 aromatic carbocycles. The van der Waals surface area contributed by atoms with E-state index in [2.05, 4.69) is 65.0 Å². The minimum absolute atomic E-state index is 0.0422. The Morgan fingerprint density at radius 2 is 1.41 bits per heavy atom. The summed E-state index contributed by atoms with van der Waals surface area (Å²) >= 11 is 0. The molecule has 1 aromatic rings. The van der Waals surface area contributed by atoms with Gasteiger partial charge in [0.2, 0.25) is 0 Å². The van der Waals surface area contributed by atoms with Crippen molar-refractivity contribution >= 4 is 11.7 Å². The third kappa shape index (κ3) is 14.9. The molecule has 0 amide bonds. The van der Waals surface area contributed by atoms with Gasteiger partial charge in [-0.3, -0.25) is 10.1 Å². The highest BCUT2D eigenvalue weighted by atomic mass is 16.6. The molecular formula is C27H39NO4. The Bertz CT molecular complexity index is 782. The quantitative estimate of drug-likeness (QED) is 0.200. The summed E-state index contributed by atoms with van der Waals surface area (Å²) in [6.45, 7) is 11.0. The first-order valence-electron chi connectivity index (χ1n) is 11.3. The van der Waals surface area contributed by atoms with Gasteiger partial charge in [-0.1, -0.05) is 54.0 Å². The summed E-state index contributed by atoms with van der Waals surface area (Å²) in [7, 11) is 0. The third-order valence-corrected chi connectivity index (χ3v) is 4.99. The van der Waals surface area contributed by atoms with Gasteiger partial charge < -0.3 is 5.11 Å². The van der Waals surface area contributed by atoms with E-state index < -0.39 is 10.9 Å². The van der Waals surface area contributed by atoms with Crippen LogP contribution >= 0.6 is 0 Å². The molecule has 0 bridgehead atoms. The predicted octanol–water partition coefficient (Wildman–Crippen LogP) is 8.45. The lowest BCUT2D eigenvalue weighted by Gasteiger charge is -2.02. The number of nitro groups is 1. The summed E-state index contributed by atoms with van der Waals surface area (Å²) in [5, 5.41) is 18.6. The maximum atomic E-state index is 10.3. The Morgan fingerprint density at radius 3 is 1.84 bits per heavy atom. The average Bonchev–Trinajstić information content (AvgIpc) is 2.77. The molecule has 0 aliphatic heterocycles. The monoisotopic (exact) mass is 441 g/mol. The first-order chi connectivity index (χ1) is 15.2. The summed E-state index contributed by atoms with van der Waals surface area (Å²) in [6.07, 6.45) is 19.9. The molecule has 0 fully saturated rings. The van der Waals surface area contributed by atoms with Crippen LogP contribution in [0.25, 0.3) is 0 Å². The van der Waals surface area contributed by atoms with E-state index in [1.165, 1.54) is 67.4 Å². The van der Waals surface area contributed by atoms with Crippen molar-refractivity contribution in [2.24, 2.45) is 0 Å². The van der Waals surface area contributed by atoms with Gasteiger partial charge in [-0.2, -0.15) is 0 Å². The van der Waals surface area contributed by atoms with E-state index in [0.717, 1.165) is 18.6 Å². The van der Waals surface area contributed by atoms with Gasteiger partial charge in [0.15, 0.2) is 0 Å². The maximum absolute atomic E-state index is 10.3. The summed E-state index contributed by atoms with van der Waals surface area (Å²) < 4.78 is 0. The van der Waals surface area contributed by atoms with Gasteiger partial charge in [0.1, 0.15) is 0 Å². The minimum atomic E-state index is -1.09. The third-order valence-electron chi connectivity index (χ3n) is 4.99. The van der Waals surface area contributed by atoms with Crippen LogP contribution in [0.3, 0.4) is 0 Å². The number of hydrogen-bond acceptors (Lipinski definition) is 3. The molecule has 176 valence electrons. The van der Waals surface area contributed by atoms with Crippen molar-refractivity contribution in [1.29, 1.82) is 0 Å². The number of nitrogens with zero attached hydrogens (tertiary/aromatic N) is 1. The molecule has 0 radical (unpaired) electrons. The highest BCUT2D eigenvalue weighted by molar-refractivity contribution is 5.87. The average molecular weight is 442 g/mol. The van der Waals surface area contributed by atoms with Crippen molar-refractivity contribution in [2.75, 3.05) is 0 Å². The number of aromatic carboxylic acids is 1. The van der Waals surface area contributed by atoms with Crippen molar-refractivity contribution in [3.63, 3.8) is 0 Å². The van der Waals surface area contributed by atoms with Crippen LogP contribution in [0.4, 0.5) is 5.69 Å². The van der Waals surface area contributed by atoms with Crippen LogP contribution in [0.2, 0.25) is 0 Å². The number of allylic oxidation sites excluding steroid dienone is 8. The molecule has 1 N–H and O–H groups in total. The van der Waals surface area contributed by atoms with Crippen LogP contribution in [0.15, 0.2) is 71.4 Å². The molecule has 0 saturated carbocycles. The Labute approximate surface area is 193 Å². The summed E-state index contributed by atoms with van der Waals surface area (Å²) in [4.78, 5) is 19.9. The Morgan fingerprint density at radius 1 is 0.906 bits per heavy atom. The number of rotatable bonds is 12. The number of carboxylic acid groups (broad SMARTS) is 1. The van der Waals surface area contributed by atoms with Crippen LogP contribution in [0.1, 0.15) is 89.9 Å². The van der Waals surface area contributed by atoms with Crippen LogP contribution in [0, 0.1) is 10.1 Å². The molecule has 0 saturated heterocycles. The lowest BCUT2D eigenvalue weighted by atomic mass is 10.0. The molecule has 0 aliphatic rings. The highest BCUT2D eigenvalue weighted by Gasteiger charge is 2.06. The first-order valence-corrected chi connectivity index (χ1v) is 11.3. The van der Waals surface area contributed by atoms with Crippen LogP contribution < -0.4 is 0 Å². The van der Waals surface area contributed by atoms with Gasteiger partial charge in [-0.25, -0.2) is 4.79 Å². The fraction of sp³-hybridized carbons (Fsp3) is 0.444. The van der Waals surface area contributed by atoms with Crippen molar-refractivity contribution in [3.05, 3.63) is 87.0 Å². The highest BCUT2D eigenvalue weighted by Crippen LogP contribution is 2.13. The maximum Gasteiger partial charge on any atom is 0.335 e. The van der Waals surface area contributed by atoms with Gasteiger partial charge >= 0.3 is 5.97 Å². The van der Waals surface area contributed by atoms with Gasteiger partial charge in [-0.15, -0.1) is 0 Å². The smallest absolute Gasteiger partial charge is 0.335 e. The fourth-order valence-corrected chi connectivity index (χ4v) is 2.76. The molecule has 0 atom stereocenters. The van der Waals surface area contributed by atoms with E-state index in [1.54, 1.807) is 0 Å². The Balaban J connectivity index is 0.000000677. The molecule has 0 aliphatic carbocycles. The molecule has 0 aromatic heterocycles. The largest absolute Gasteiger partial charge is 0.478 e. The fourth-order valence-electron chi connectivity index (χ4n) is 2.76. The molecule has 5 nitrogen and oxygen atoms in total. The molecular weight excluding hydrogens is 402 g/mol. The van der Waals surface area contributed by atoms with Crippen molar-refractivity contribution in [1.82, 2.24) is 0 Å². The van der Waals surface area contributed by atoms with Crippen molar-refractivity contribution < 1.29 is 14.8 Å². The zero-order chi connectivity index (χ0) is 24.4. The van der Waals surface area contributed by atoms with E-state index >= 15 is 0 Å². The van der Waals surface area contributed by atoms with Crippen LogP contribution in [-0.2, 0) is 0 Å². The van der Waals surface area contributed by atoms with E-state index in [9.17, 15) is 14.9 Å².